The lowest BCUT2D eigenvalue weighted by Gasteiger charge is -2.22. The van der Waals surface area contributed by atoms with Gasteiger partial charge >= 0.3 is 0 Å². The SMILES string of the molecule is CCN1/C(=C(\C#N)c2nc(NCC3CCCCC3)ncc2C)Nc2ccccc21. The second-order valence-corrected chi connectivity index (χ2v) is 7.83. The van der Waals surface area contributed by atoms with Gasteiger partial charge in [0, 0.05) is 19.3 Å². The number of allylic oxidation sites excluding steroid dienone is 1. The Morgan fingerprint density at radius 3 is 2.83 bits per heavy atom. The minimum atomic E-state index is 0.545. The Labute approximate surface area is 172 Å². The Balaban J connectivity index is 1.64. The van der Waals surface area contributed by atoms with Crippen molar-refractivity contribution in [2.24, 2.45) is 5.92 Å². The first-order valence-corrected chi connectivity index (χ1v) is 10.6. The second kappa shape index (κ2) is 8.52. The third-order valence-corrected chi connectivity index (χ3v) is 5.86. The lowest BCUT2D eigenvalue weighted by molar-refractivity contribution is 0.373. The lowest BCUT2D eigenvalue weighted by Crippen LogP contribution is -2.22. The smallest absolute Gasteiger partial charge is 0.223 e. The van der Waals surface area contributed by atoms with Crippen LogP contribution in [0.15, 0.2) is 36.3 Å². The molecule has 0 amide bonds. The molecular formula is C23H28N6. The van der Waals surface area contributed by atoms with Crippen LogP contribution < -0.4 is 15.5 Å². The van der Waals surface area contributed by atoms with Crippen molar-refractivity contribution < 1.29 is 0 Å². The molecule has 4 rings (SSSR count). The number of nitrogens with zero attached hydrogens (tertiary/aromatic N) is 4. The summed E-state index contributed by atoms with van der Waals surface area (Å²) in [5.74, 6) is 2.08. The molecule has 1 fully saturated rings. The average molecular weight is 389 g/mol. The van der Waals surface area contributed by atoms with E-state index >= 15 is 0 Å². The van der Waals surface area contributed by atoms with Gasteiger partial charge < -0.3 is 15.5 Å². The molecule has 29 heavy (non-hydrogen) atoms. The summed E-state index contributed by atoms with van der Waals surface area (Å²) >= 11 is 0. The molecule has 0 atom stereocenters. The highest BCUT2D eigenvalue weighted by Crippen LogP contribution is 2.38. The van der Waals surface area contributed by atoms with Gasteiger partial charge in [-0.3, -0.25) is 0 Å². The topological polar surface area (TPSA) is 76.9 Å². The van der Waals surface area contributed by atoms with Crippen LogP contribution >= 0.6 is 0 Å². The predicted octanol–water partition coefficient (Wildman–Crippen LogP) is 4.92. The van der Waals surface area contributed by atoms with Crippen LogP contribution in [-0.4, -0.2) is 23.1 Å². The van der Waals surface area contributed by atoms with Crippen molar-refractivity contribution in [3.8, 4) is 6.07 Å². The normalized spacial score (nSPS) is 18.0. The van der Waals surface area contributed by atoms with Crippen molar-refractivity contribution in [1.29, 1.82) is 5.26 Å². The molecule has 2 N–H and O–H groups in total. The molecule has 6 heteroatoms. The van der Waals surface area contributed by atoms with Crippen molar-refractivity contribution in [2.75, 3.05) is 28.6 Å². The van der Waals surface area contributed by atoms with Gasteiger partial charge in [0.05, 0.1) is 17.1 Å². The van der Waals surface area contributed by atoms with E-state index < -0.39 is 0 Å². The molecule has 2 aliphatic rings. The standard InChI is InChI=1S/C23H28N6/c1-3-29-20-12-8-7-11-19(20)27-22(29)18(13-24)21-16(2)14-25-23(28-21)26-15-17-9-5-4-6-10-17/h7-8,11-12,14,17,27H,3-6,9-10,15H2,1-2H3,(H,25,26,28)/b22-18+. The number of para-hydroxylation sites is 2. The summed E-state index contributed by atoms with van der Waals surface area (Å²) in [6, 6.07) is 10.5. The molecule has 6 nitrogen and oxygen atoms in total. The number of nitrogens with one attached hydrogen (secondary N) is 2. The first-order chi connectivity index (χ1) is 14.2. The fourth-order valence-corrected chi connectivity index (χ4v) is 4.28. The summed E-state index contributed by atoms with van der Waals surface area (Å²) in [5.41, 5.74) is 4.22. The molecule has 1 saturated carbocycles. The van der Waals surface area contributed by atoms with Crippen molar-refractivity contribution in [2.45, 2.75) is 46.0 Å². The molecule has 150 valence electrons. The highest BCUT2D eigenvalue weighted by molar-refractivity contribution is 5.91. The third kappa shape index (κ3) is 3.91. The van der Waals surface area contributed by atoms with Gasteiger partial charge in [0.1, 0.15) is 17.5 Å². The van der Waals surface area contributed by atoms with Crippen LogP contribution in [0.3, 0.4) is 0 Å². The summed E-state index contributed by atoms with van der Waals surface area (Å²) in [6.07, 6.45) is 8.33. The zero-order chi connectivity index (χ0) is 20.2. The van der Waals surface area contributed by atoms with Crippen LogP contribution in [0.2, 0.25) is 0 Å². The molecule has 1 aromatic carbocycles. The number of nitriles is 1. The highest BCUT2D eigenvalue weighted by atomic mass is 15.3. The summed E-state index contributed by atoms with van der Waals surface area (Å²) in [5, 5.41) is 16.8. The monoisotopic (exact) mass is 388 g/mol. The zero-order valence-electron chi connectivity index (χ0n) is 17.2. The van der Waals surface area contributed by atoms with Gasteiger partial charge in [-0.05, 0) is 50.3 Å². The molecule has 0 bridgehead atoms. The summed E-state index contributed by atoms with van der Waals surface area (Å²) in [7, 11) is 0. The van der Waals surface area contributed by atoms with Crippen LogP contribution in [0.5, 0.6) is 0 Å². The molecule has 1 aliphatic heterocycles. The molecule has 0 radical (unpaired) electrons. The maximum atomic E-state index is 10.0. The fraction of sp³-hybridized carbons (Fsp3) is 0.435. The number of fused-ring (bicyclic) bond motifs is 1. The summed E-state index contributed by atoms with van der Waals surface area (Å²) in [6.45, 7) is 5.70. The fourth-order valence-electron chi connectivity index (χ4n) is 4.28. The van der Waals surface area contributed by atoms with Gasteiger partial charge in [-0.15, -0.1) is 0 Å². The van der Waals surface area contributed by atoms with Gasteiger partial charge in [-0.25, -0.2) is 9.97 Å². The number of anilines is 3. The Morgan fingerprint density at radius 1 is 1.28 bits per heavy atom. The van der Waals surface area contributed by atoms with Crippen molar-refractivity contribution in [3.63, 3.8) is 0 Å². The van der Waals surface area contributed by atoms with Crippen LogP contribution in [0.25, 0.3) is 5.57 Å². The maximum Gasteiger partial charge on any atom is 0.223 e. The average Bonchev–Trinajstić information content (AvgIpc) is 3.13. The van der Waals surface area contributed by atoms with Crippen molar-refractivity contribution in [1.82, 2.24) is 9.97 Å². The van der Waals surface area contributed by atoms with Crippen LogP contribution in [0.1, 0.15) is 50.3 Å². The quantitative estimate of drug-likeness (QED) is 0.708. The zero-order valence-corrected chi connectivity index (χ0v) is 17.2. The number of hydrogen-bond acceptors (Lipinski definition) is 6. The molecule has 1 aliphatic carbocycles. The maximum absolute atomic E-state index is 10.0. The molecule has 0 saturated heterocycles. The van der Waals surface area contributed by atoms with E-state index in [-0.39, 0.29) is 0 Å². The third-order valence-electron chi connectivity index (χ3n) is 5.86. The first-order valence-electron chi connectivity index (χ1n) is 10.6. The molecule has 2 heterocycles. The second-order valence-electron chi connectivity index (χ2n) is 7.83. The molecule has 0 unspecified atom stereocenters. The van der Waals surface area contributed by atoms with Crippen molar-refractivity contribution >= 4 is 22.9 Å². The Morgan fingerprint density at radius 2 is 2.07 bits per heavy atom. The molecule has 1 aromatic heterocycles. The van der Waals surface area contributed by atoms with Crippen LogP contribution in [-0.2, 0) is 0 Å². The first kappa shape index (κ1) is 19.3. The Hall–Kier alpha value is -3.07. The largest absolute Gasteiger partial charge is 0.354 e. The van der Waals surface area contributed by atoms with Gasteiger partial charge in [0.25, 0.3) is 0 Å². The Bertz CT molecular complexity index is 952. The predicted molar refractivity (Wildman–Crippen MR) is 117 cm³/mol. The van der Waals surface area contributed by atoms with Crippen LogP contribution in [0.4, 0.5) is 17.3 Å². The van der Waals surface area contributed by atoms with Crippen molar-refractivity contribution in [3.05, 3.63) is 47.5 Å². The number of benzene rings is 1. The van der Waals surface area contributed by atoms with Crippen LogP contribution in [0, 0.1) is 24.2 Å². The van der Waals surface area contributed by atoms with Gasteiger partial charge in [-0.2, -0.15) is 5.26 Å². The minimum absolute atomic E-state index is 0.545. The highest BCUT2D eigenvalue weighted by Gasteiger charge is 2.27. The number of aromatic nitrogens is 2. The molecule has 0 spiro atoms. The molecule has 2 aromatic rings. The Kier molecular flexibility index (Phi) is 5.66. The van der Waals surface area contributed by atoms with E-state index in [4.69, 9.17) is 4.98 Å². The van der Waals surface area contributed by atoms with E-state index in [2.05, 4.69) is 39.6 Å². The van der Waals surface area contributed by atoms with Gasteiger partial charge in [0.2, 0.25) is 5.95 Å². The minimum Gasteiger partial charge on any atom is -0.354 e. The lowest BCUT2D eigenvalue weighted by atomic mass is 9.89. The molecular weight excluding hydrogens is 360 g/mol. The summed E-state index contributed by atoms with van der Waals surface area (Å²) < 4.78 is 0. The van der Waals surface area contributed by atoms with E-state index in [0.717, 1.165) is 35.8 Å². The summed E-state index contributed by atoms with van der Waals surface area (Å²) in [4.78, 5) is 11.3. The van der Waals surface area contributed by atoms with E-state index in [1.807, 2.05) is 31.3 Å². The van der Waals surface area contributed by atoms with E-state index in [1.54, 1.807) is 0 Å². The number of hydrogen-bond donors (Lipinski definition) is 2. The van der Waals surface area contributed by atoms with Gasteiger partial charge in [-0.1, -0.05) is 31.4 Å². The van der Waals surface area contributed by atoms with Gasteiger partial charge in [0.15, 0.2) is 0 Å². The van der Waals surface area contributed by atoms with E-state index in [9.17, 15) is 5.26 Å². The van der Waals surface area contributed by atoms with E-state index in [1.165, 1.54) is 32.1 Å². The number of rotatable bonds is 5. The number of aryl methyl sites for hydroxylation is 1. The van der Waals surface area contributed by atoms with E-state index in [0.29, 0.717) is 23.1 Å².